The van der Waals surface area contributed by atoms with E-state index < -0.39 is 0 Å². The standard InChI is InChI=1S/C60H35BN2O2/c1-7-22-51(62-52-23-8-2-17-42(52)43-18-3-9-24-53(43)62)41(16-1)40-33-47-46-21-6-12-27-56(46)65-61-50-29-28-38(34-57(50)64-58(35-40)59(47)61)36-14-13-15-37(30-36)39-31-48-44-19-4-10-25-54(44)63-55-26-11-5-20-45(55)49(32-39)60(48)63/h1-35H. The molecule has 0 amide bonds. The summed E-state index contributed by atoms with van der Waals surface area (Å²) in [6, 6.07) is 77.0. The molecular weight excluding hydrogens is 791 g/mol. The highest BCUT2D eigenvalue weighted by molar-refractivity contribution is 6.84. The highest BCUT2D eigenvalue weighted by atomic mass is 16.5. The first-order valence-corrected chi connectivity index (χ1v) is 22.3. The van der Waals surface area contributed by atoms with E-state index in [0.717, 1.165) is 67.2 Å². The molecule has 0 aliphatic carbocycles. The largest absolute Gasteiger partial charge is 0.551 e. The smallest absolute Gasteiger partial charge is 0.434 e. The number of hydrogen-bond acceptors (Lipinski definition) is 2. The molecule has 2 aliphatic rings. The van der Waals surface area contributed by atoms with Gasteiger partial charge in [-0.3, -0.25) is 0 Å². The van der Waals surface area contributed by atoms with Crippen molar-refractivity contribution >= 4 is 77.7 Å². The minimum Gasteiger partial charge on any atom is -0.551 e. The number of rotatable bonds is 4. The summed E-state index contributed by atoms with van der Waals surface area (Å²) in [6.45, 7) is -0.315. The Morgan fingerprint density at radius 3 is 1.60 bits per heavy atom. The molecule has 10 aromatic carbocycles. The summed E-state index contributed by atoms with van der Waals surface area (Å²) in [7, 11) is 0. The van der Waals surface area contributed by atoms with Crippen molar-refractivity contribution in [2.75, 3.05) is 0 Å². The lowest BCUT2D eigenvalue weighted by Crippen LogP contribution is -2.53. The second-order valence-corrected chi connectivity index (χ2v) is 17.5. The Balaban J connectivity index is 0.871. The average molecular weight is 827 g/mol. The topological polar surface area (TPSA) is 27.8 Å². The zero-order chi connectivity index (χ0) is 42.3. The molecule has 0 N–H and O–H groups in total. The summed E-state index contributed by atoms with van der Waals surface area (Å²) >= 11 is 0. The molecule has 3 aromatic heterocycles. The number of hydrogen-bond donors (Lipinski definition) is 0. The van der Waals surface area contributed by atoms with Gasteiger partial charge in [-0.05, 0) is 106 Å². The number of ether oxygens (including phenoxy) is 1. The summed E-state index contributed by atoms with van der Waals surface area (Å²) in [5, 5.41) is 7.59. The van der Waals surface area contributed by atoms with Crippen LogP contribution >= 0.6 is 0 Å². The van der Waals surface area contributed by atoms with Crippen LogP contribution in [0.2, 0.25) is 0 Å². The normalized spacial score (nSPS) is 12.8. The SMILES string of the molecule is c1cc(-c2ccc3c(c2)Oc2cc(-c4ccccc4-n4c5ccccc5c5ccccc54)cc4c2B3Oc2ccccc2-4)cc(-c2cc3c4ccccc4n4c5ccccc5c(c2)c34)c1. The Morgan fingerprint density at radius 1 is 0.338 bits per heavy atom. The van der Waals surface area contributed by atoms with Crippen LogP contribution in [0.15, 0.2) is 212 Å². The maximum absolute atomic E-state index is 7.11. The Kier molecular flexibility index (Phi) is 7.00. The predicted octanol–water partition coefficient (Wildman–Crippen LogP) is 14.2. The van der Waals surface area contributed by atoms with E-state index in [2.05, 4.69) is 221 Å². The molecule has 5 heterocycles. The van der Waals surface area contributed by atoms with Crippen LogP contribution in [0.1, 0.15) is 0 Å². The number of aromatic nitrogens is 2. The molecule has 15 rings (SSSR count). The van der Waals surface area contributed by atoms with E-state index in [4.69, 9.17) is 9.39 Å². The van der Waals surface area contributed by atoms with Gasteiger partial charge in [0.05, 0.1) is 33.3 Å². The van der Waals surface area contributed by atoms with Gasteiger partial charge in [-0.25, -0.2) is 0 Å². The maximum atomic E-state index is 7.11. The van der Waals surface area contributed by atoms with E-state index in [-0.39, 0.29) is 6.92 Å². The fourth-order valence-corrected chi connectivity index (χ4v) is 11.3. The molecule has 5 heteroatoms. The first-order valence-electron chi connectivity index (χ1n) is 22.3. The third kappa shape index (κ3) is 4.87. The van der Waals surface area contributed by atoms with Crippen LogP contribution in [0.25, 0.3) is 110 Å². The second-order valence-electron chi connectivity index (χ2n) is 17.5. The molecule has 300 valence electrons. The van der Waals surface area contributed by atoms with Crippen LogP contribution in [0.5, 0.6) is 17.2 Å². The van der Waals surface area contributed by atoms with Crippen LogP contribution in [0.3, 0.4) is 0 Å². The fourth-order valence-electron chi connectivity index (χ4n) is 11.3. The van der Waals surface area contributed by atoms with Crippen molar-refractivity contribution in [3.05, 3.63) is 212 Å². The molecule has 0 bridgehead atoms. The van der Waals surface area contributed by atoms with Crippen LogP contribution < -0.4 is 20.3 Å². The van der Waals surface area contributed by atoms with Crippen molar-refractivity contribution < 1.29 is 9.39 Å². The first-order chi connectivity index (χ1) is 32.2. The van der Waals surface area contributed by atoms with Gasteiger partial charge < -0.3 is 18.4 Å². The zero-order valence-corrected chi connectivity index (χ0v) is 35.0. The van der Waals surface area contributed by atoms with Crippen molar-refractivity contribution in [3.63, 3.8) is 0 Å². The van der Waals surface area contributed by atoms with Crippen LogP contribution in [-0.4, -0.2) is 15.9 Å². The number of para-hydroxylation sites is 6. The van der Waals surface area contributed by atoms with Gasteiger partial charge in [0.25, 0.3) is 0 Å². The van der Waals surface area contributed by atoms with Gasteiger partial charge in [0.1, 0.15) is 17.2 Å². The predicted molar refractivity (Wildman–Crippen MR) is 269 cm³/mol. The van der Waals surface area contributed by atoms with E-state index >= 15 is 0 Å². The Labute approximate surface area is 374 Å². The lowest BCUT2D eigenvalue weighted by atomic mass is 9.50. The molecule has 0 saturated carbocycles. The Bertz CT molecular complexity index is 4020. The Hall–Kier alpha value is -8.54. The van der Waals surface area contributed by atoms with Gasteiger partial charge in [0, 0.05) is 54.4 Å². The minimum atomic E-state index is -0.315. The molecule has 0 fully saturated rings. The summed E-state index contributed by atoms with van der Waals surface area (Å²) < 4.78 is 18.9. The van der Waals surface area contributed by atoms with E-state index in [1.807, 2.05) is 0 Å². The summed E-state index contributed by atoms with van der Waals surface area (Å²) in [6.07, 6.45) is 0. The van der Waals surface area contributed by atoms with Gasteiger partial charge in [0.2, 0.25) is 0 Å². The molecule has 4 nitrogen and oxygen atoms in total. The van der Waals surface area contributed by atoms with E-state index in [9.17, 15) is 0 Å². The zero-order valence-electron chi connectivity index (χ0n) is 35.0. The van der Waals surface area contributed by atoms with E-state index in [1.165, 1.54) is 71.0 Å². The highest BCUT2D eigenvalue weighted by Crippen LogP contribution is 2.45. The van der Waals surface area contributed by atoms with Crippen molar-refractivity contribution in [2.24, 2.45) is 0 Å². The molecule has 0 saturated heterocycles. The van der Waals surface area contributed by atoms with E-state index in [1.54, 1.807) is 0 Å². The minimum absolute atomic E-state index is 0.315. The molecule has 65 heavy (non-hydrogen) atoms. The van der Waals surface area contributed by atoms with Gasteiger partial charge in [-0.1, -0.05) is 140 Å². The van der Waals surface area contributed by atoms with Crippen molar-refractivity contribution in [2.45, 2.75) is 0 Å². The number of nitrogens with zero attached hydrogens (tertiary/aromatic N) is 2. The molecule has 13 aromatic rings. The third-order valence-corrected chi connectivity index (χ3v) is 14.1. The maximum Gasteiger partial charge on any atom is 0.434 e. The van der Waals surface area contributed by atoms with Crippen LogP contribution in [-0.2, 0) is 0 Å². The third-order valence-electron chi connectivity index (χ3n) is 14.1. The molecular formula is C60H35BN2O2. The van der Waals surface area contributed by atoms with Crippen LogP contribution in [0.4, 0.5) is 0 Å². The van der Waals surface area contributed by atoms with Gasteiger partial charge in [0.15, 0.2) is 0 Å². The molecule has 2 aliphatic heterocycles. The quantitative estimate of drug-likeness (QED) is 0.165. The van der Waals surface area contributed by atoms with Gasteiger partial charge in [-0.2, -0.15) is 0 Å². The molecule has 0 radical (unpaired) electrons. The number of benzene rings is 10. The first kappa shape index (κ1) is 35.0. The fraction of sp³-hybridized carbons (Fsp3) is 0. The summed E-state index contributed by atoms with van der Waals surface area (Å²) in [5.74, 6) is 2.50. The van der Waals surface area contributed by atoms with E-state index in [0.29, 0.717) is 0 Å². The number of fused-ring (bicyclic) bond motifs is 13. The van der Waals surface area contributed by atoms with Gasteiger partial charge >= 0.3 is 6.92 Å². The summed E-state index contributed by atoms with van der Waals surface area (Å²) in [5.41, 5.74) is 18.4. The van der Waals surface area contributed by atoms with Crippen molar-refractivity contribution in [1.82, 2.24) is 8.97 Å². The lowest BCUT2D eigenvalue weighted by Gasteiger charge is -2.33. The molecule has 0 atom stereocenters. The van der Waals surface area contributed by atoms with Crippen molar-refractivity contribution in [1.29, 1.82) is 0 Å². The van der Waals surface area contributed by atoms with Gasteiger partial charge in [-0.15, -0.1) is 0 Å². The van der Waals surface area contributed by atoms with Crippen molar-refractivity contribution in [3.8, 4) is 67.4 Å². The molecule has 0 unspecified atom stereocenters. The monoisotopic (exact) mass is 826 g/mol. The average Bonchev–Trinajstić information content (AvgIpc) is 4.01. The highest BCUT2D eigenvalue weighted by Gasteiger charge is 2.41. The van der Waals surface area contributed by atoms with Crippen LogP contribution in [0, 0.1) is 0 Å². The Morgan fingerprint density at radius 2 is 0.892 bits per heavy atom. The lowest BCUT2D eigenvalue weighted by molar-refractivity contribution is 0.480. The second kappa shape index (κ2) is 13.0. The molecule has 0 spiro atoms. The summed E-state index contributed by atoms with van der Waals surface area (Å²) in [4.78, 5) is 0.